The van der Waals surface area contributed by atoms with Gasteiger partial charge in [-0.05, 0) is 27.7 Å². The zero-order chi connectivity index (χ0) is 13.7. The van der Waals surface area contributed by atoms with Crippen LogP contribution in [0.2, 0.25) is 0 Å². The monoisotopic (exact) mass is 268 g/mol. The number of amides is 1. The quantitative estimate of drug-likeness (QED) is 0.715. The number of allylic oxidation sites excluding steroid dienone is 1. The van der Waals surface area contributed by atoms with E-state index in [9.17, 15) is 4.79 Å². The van der Waals surface area contributed by atoms with Gasteiger partial charge in [-0.25, -0.2) is 4.98 Å². The molecule has 0 spiro atoms. The van der Waals surface area contributed by atoms with E-state index < -0.39 is 0 Å². The van der Waals surface area contributed by atoms with Crippen molar-refractivity contribution in [2.75, 3.05) is 17.6 Å². The van der Waals surface area contributed by atoms with Crippen LogP contribution in [0.4, 0.5) is 10.9 Å². The van der Waals surface area contributed by atoms with Crippen LogP contribution < -0.4 is 16.4 Å². The molecule has 0 bridgehead atoms. The van der Waals surface area contributed by atoms with Gasteiger partial charge in [-0.15, -0.1) is 0 Å². The fraction of sp³-hybridized carbons (Fsp3) is 0.500. The highest BCUT2D eigenvalue weighted by Crippen LogP contribution is 2.25. The third-order valence-corrected chi connectivity index (χ3v) is 3.05. The van der Waals surface area contributed by atoms with Crippen molar-refractivity contribution in [1.82, 2.24) is 10.3 Å². The van der Waals surface area contributed by atoms with Crippen molar-refractivity contribution in [3.8, 4) is 0 Å². The number of carbonyl (C=O) groups excluding carboxylic acids is 1. The SMILES string of the molecule is CC(C)=CCNC(=O)c1sc(NC(C)C)nc1N. The molecule has 100 valence electrons. The van der Waals surface area contributed by atoms with Crippen LogP contribution in [0.5, 0.6) is 0 Å². The summed E-state index contributed by atoms with van der Waals surface area (Å²) < 4.78 is 0. The summed E-state index contributed by atoms with van der Waals surface area (Å²) in [7, 11) is 0. The first-order valence-corrected chi connectivity index (χ1v) is 6.66. The van der Waals surface area contributed by atoms with Crippen LogP contribution in [0.3, 0.4) is 0 Å². The summed E-state index contributed by atoms with van der Waals surface area (Å²) >= 11 is 1.27. The summed E-state index contributed by atoms with van der Waals surface area (Å²) in [4.78, 5) is 16.5. The minimum absolute atomic E-state index is 0.181. The number of hydrogen-bond acceptors (Lipinski definition) is 5. The van der Waals surface area contributed by atoms with Gasteiger partial charge in [0.2, 0.25) is 0 Å². The second-order valence-electron chi connectivity index (χ2n) is 4.52. The summed E-state index contributed by atoms with van der Waals surface area (Å²) in [5, 5.41) is 6.59. The smallest absolute Gasteiger partial charge is 0.265 e. The second-order valence-corrected chi connectivity index (χ2v) is 5.52. The molecular weight excluding hydrogens is 248 g/mol. The number of nitrogens with zero attached hydrogens (tertiary/aromatic N) is 1. The first-order valence-electron chi connectivity index (χ1n) is 5.84. The number of rotatable bonds is 5. The van der Waals surface area contributed by atoms with Crippen LogP contribution >= 0.6 is 11.3 Å². The average Bonchev–Trinajstić information content (AvgIpc) is 2.57. The minimum atomic E-state index is -0.181. The standard InChI is InChI=1S/C12H20N4OS/c1-7(2)5-6-14-11(17)9-10(13)16-12(18-9)15-8(3)4/h5,8H,6,13H2,1-4H3,(H,14,17)(H,15,16). The maximum absolute atomic E-state index is 11.9. The molecule has 4 N–H and O–H groups in total. The number of carbonyl (C=O) groups is 1. The summed E-state index contributed by atoms with van der Waals surface area (Å²) in [5.74, 6) is 0.0946. The van der Waals surface area contributed by atoms with Gasteiger partial charge in [0, 0.05) is 12.6 Å². The van der Waals surface area contributed by atoms with E-state index in [4.69, 9.17) is 5.73 Å². The largest absolute Gasteiger partial charge is 0.382 e. The van der Waals surface area contributed by atoms with Crippen molar-refractivity contribution in [1.29, 1.82) is 0 Å². The summed E-state index contributed by atoms with van der Waals surface area (Å²) in [5.41, 5.74) is 6.89. The van der Waals surface area contributed by atoms with E-state index >= 15 is 0 Å². The normalized spacial score (nSPS) is 10.3. The average molecular weight is 268 g/mol. The van der Waals surface area contributed by atoms with Crippen LogP contribution in [0.1, 0.15) is 37.4 Å². The van der Waals surface area contributed by atoms with Gasteiger partial charge in [0.1, 0.15) is 10.7 Å². The molecule has 0 aliphatic rings. The molecule has 1 aromatic heterocycles. The Bertz CT molecular complexity index is 447. The van der Waals surface area contributed by atoms with Crippen LogP contribution in [-0.4, -0.2) is 23.5 Å². The second kappa shape index (κ2) is 6.39. The van der Waals surface area contributed by atoms with Crippen molar-refractivity contribution in [2.45, 2.75) is 33.7 Å². The third kappa shape index (κ3) is 4.37. The first kappa shape index (κ1) is 14.5. The number of thiazole rings is 1. The van der Waals surface area contributed by atoms with Gasteiger partial charge in [-0.3, -0.25) is 4.79 Å². The Hall–Kier alpha value is -1.56. The van der Waals surface area contributed by atoms with Crippen molar-refractivity contribution < 1.29 is 4.79 Å². The minimum Gasteiger partial charge on any atom is -0.382 e. The fourth-order valence-electron chi connectivity index (χ4n) is 1.23. The van der Waals surface area contributed by atoms with Crippen molar-refractivity contribution >= 4 is 28.2 Å². The molecule has 0 saturated heterocycles. The van der Waals surface area contributed by atoms with Gasteiger partial charge in [-0.1, -0.05) is 23.0 Å². The lowest BCUT2D eigenvalue weighted by Gasteiger charge is -2.04. The molecule has 18 heavy (non-hydrogen) atoms. The maximum Gasteiger partial charge on any atom is 0.265 e. The number of nitrogens with two attached hydrogens (primary N) is 1. The molecule has 1 rings (SSSR count). The van der Waals surface area contributed by atoms with E-state index in [1.807, 2.05) is 33.8 Å². The van der Waals surface area contributed by atoms with Gasteiger partial charge in [0.15, 0.2) is 5.13 Å². The Balaban J connectivity index is 2.68. The van der Waals surface area contributed by atoms with Crippen molar-refractivity contribution in [3.05, 3.63) is 16.5 Å². The number of nitrogens with one attached hydrogen (secondary N) is 2. The molecule has 5 nitrogen and oxygen atoms in total. The highest BCUT2D eigenvalue weighted by atomic mass is 32.1. The Morgan fingerprint density at radius 3 is 2.72 bits per heavy atom. The Morgan fingerprint density at radius 2 is 2.17 bits per heavy atom. The number of hydrogen-bond donors (Lipinski definition) is 3. The third-order valence-electron chi connectivity index (χ3n) is 2.04. The predicted octanol–water partition coefficient (Wildman–Crippen LogP) is 2.24. The first-order chi connectivity index (χ1) is 8.40. The van der Waals surface area contributed by atoms with Crippen LogP contribution in [0.15, 0.2) is 11.6 Å². The van der Waals surface area contributed by atoms with Crippen molar-refractivity contribution in [3.63, 3.8) is 0 Å². The van der Waals surface area contributed by atoms with Gasteiger partial charge in [-0.2, -0.15) is 0 Å². The molecule has 0 radical (unpaired) electrons. The molecule has 0 atom stereocenters. The zero-order valence-electron chi connectivity index (χ0n) is 11.2. The molecule has 0 aliphatic carbocycles. The van der Waals surface area contributed by atoms with E-state index in [-0.39, 0.29) is 17.8 Å². The lowest BCUT2D eigenvalue weighted by molar-refractivity contribution is 0.0962. The van der Waals surface area contributed by atoms with Crippen molar-refractivity contribution in [2.24, 2.45) is 0 Å². The van der Waals surface area contributed by atoms with Crippen LogP contribution in [-0.2, 0) is 0 Å². The fourth-order valence-corrected chi connectivity index (χ4v) is 2.18. The highest BCUT2D eigenvalue weighted by molar-refractivity contribution is 7.18. The summed E-state index contributed by atoms with van der Waals surface area (Å²) in [6, 6.07) is 0.261. The molecule has 1 heterocycles. The lowest BCUT2D eigenvalue weighted by atomic mass is 10.3. The van der Waals surface area contributed by atoms with E-state index in [0.29, 0.717) is 16.6 Å². The van der Waals surface area contributed by atoms with Crippen LogP contribution in [0.25, 0.3) is 0 Å². The lowest BCUT2D eigenvalue weighted by Crippen LogP contribution is -2.23. The molecule has 1 aromatic rings. The summed E-state index contributed by atoms with van der Waals surface area (Å²) in [6.45, 7) is 8.49. The van der Waals surface area contributed by atoms with Gasteiger partial charge in [0.25, 0.3) is 5.91 Å². The topological polar surface area (TPSA) is 80.0 Å². The number of anilines is 2. The molecule has 0 unspecified atom stereocenters. The van der Waals surface area contributed by atoms with E-state index in [1.54, 1.807) is 0 Å². The summed E-state index contributed by atoms with van der Waals surface area (Å²) in [6.07, 6.45) is 1.95. The molecule has 0 aromatic carbocycles. The Morgan fingerprint density at radius 1 is 1.50 bits per heavy atom. The molecule has 6 heteroatoms. The van der Waals surface area contributed by atoms with Gasteiger partial charge < -0.3 is 16.4 Å². The highest BCUT2D eigenvalue weighted by Gasteiger charge is 2.15. The molecule has 1 amide bonds. The number of nitrogen functional groups attached to an aromatic ring is 1. The van der Waals surface area contributed by atoms with Crippen LogP contribution in [0, 0.1) is 0 Å². The zero-order valence-corrected chi connectivity index (χ0v) is 12.0. The number of aromatic nitrogens is 1. The van der Waals surface area contributed by atoms with Gasteiger partial charge >= 0.3 is 0 Å². The maximum atomic E-state index is 11.9. The van der Waals surface area contributed by atoms with E-state index in [2.05, 4.69) is 15.6 Å². The Kier molecular flexibility index (Phi) is 5.15. The molecule has 0 aliphatic heterocycles. The van der Waals surface area contributed by atoms with Gasteiger partial charge in [0.05, 0.1) is 0 Å². The van der Waals surface area contributed by atoms with E-state index in [0.717, 1.165) is 5.57 Å². The molecular formula is C12H20N4OS. The van der Waals surface area contributed by atoms with E-state index in [1.165, 1.54) is 11.3 Å². The Labute approximate surface area is 111 Å². The molecule has 0 saturated carbocycles. The predicted molar refractivity (Wildman–Crippen MR) is 77.0 cm³/mol. The molecule has 0 fully saturated rings.